The van der Waals surface area contributed by atoms with Crippen molar-refractivity contribution in [3.8, 4) is 34.7 Å². The zero-order chi connectivity index (χ0) is 19.1. The Balaban J connectivity index is 1.97. The quantitative estimate of drug-likeness (QED) is 0.485. The molecule has 0 spiro atoms. The van der Waals surface area contributed by atoms with Crippen molar-refractivity contribution in [1.29, 1.82) is 0 Å². The molecule has 2 aromatic carbocycles. The average Bonchev–Trinajstić information content (AvgIpc) is 3.09. The number of fused-ring (bicyclic) bond motifs is 2. The molecule has 7 heteroatoms. The maximum atomic E-state index is 14.4. The molecule has 27 heavy (non-hydrogen) atoms. The van der Waals surface area contributed by atoms with Gasteiger partial charge in [0.05, 0.1) is 34.6 Å². The minimum absolute atomic E-state index is 0.0244. The summed E-state index contributed by atoms with van der Waals surface area (Å²) in [5, 5.41) is 0.721. The van der Waals surface area contributed by atoms with Crippen LogP contribution in [-0.2, 0) is 0 Å². The second-order valence-corrected chi connectivity index (χ2v) is 7.02. The summed E-state index contributed by atoms with van der Waals surface area (Å²) in [7, 11) is 1.55. The maximum absolute atomic E-state index is 14.4. The lowest BCUT2D eigenvalue weighted by molar-refractivity contribution is 0.397. The first-order valence-electron chi connectivity index (χ1n) is 8.05. The van der Waals surface area contributed by atoms with E-state index in [0.29, 0.717) is 28.0 Å². The summed E-state index contributed by atoms with van der Waals surface area (Å²) in [5.74, 6) is -0.0374. The SMILES string of the molecule is C#COc1cc2sc(-c3cc(C)cc4nc(OC)cnc34)nc2c(C)c1F. The van der Waals surface area contributed by atoms with Gasteiger partial charge in [-0.1, -0.05) is 6.42 Å². The fourth-order valence-corrected chi connectivity index (χ4v) is 4.00. The predicted molar refractivity (Wildman–Crippen MR) is 104 cm³/mol. The fraction of sp³-hybridized carbons (Fsp3) is 0.150. The Morgan fingerprint density at radius 1 is 1.15 bits per heavy atom. The minimum Gasteiger partial charge on any atom is -0.480 e. The van der Waals surface area contributed by atoms with Crippen LogP contribution < -0.4 is 9.47 Å². The van der Waals surface area contributed by atoms with Crippen molar-refractivity contribution in [2.45, 2.75) is 13.8 Å². The number of thiazole rings is 1. The lowest BCUT2D eigenvalue weighted by atomic mass is 10.1. The molecule has 0 atom stereocenters. The number of hydrogen-bond donors (Lipinski definition) is 0. The molecular weight excluding hydrogens is 365 g/mol. The molecule has 0 unspecified atom stereocenters. The number of methoxy groups -OCH3 is 1. The van der Waals surface area contributed by atoms with Crippen molar-refractivity contribution in [3.63, 3.8) is 0 Å². The van der Waals surface area contributed by atoms with E-state index in [1.807, 2.05) is 25.2 Å². The molecule has 0 radical (unpaired) electrons. The van der Waals surface area contributed by atoms with E-state index in [1.165, 1.54) is 11.3 Å². The second-order valence-electron chi connectivity index (χ2n) is 5.99. The summed E-state index contributed by atoms with van der Waals surface area (Å²) in [6, 6.07) is 5.50. The van der Waals surface area contributed by atoms with Crippen LogP contribution in [0, 0.1) is 32.2 Å². The molecule has 4 aromatic rings. The van der Waals surface area contributed by atoms with Gasteiger partial charge in [0.15, 0.2) is 11.6 Å². The van der Waals surface area contributed by atoms with Gasteiger partial charge in [0.2, 0.25) is 5.88 Å². The summed E-state index contributed by atoms with van der Waals surface area (Å²) < 4.78 is 25.3. The highest BCUT2D eigenvalue weighted by Gasteiger charge is 2.18. The maximum Gasteiger partial charge on any atom is 0.232 e. The van der Waals surface area contributed by atoms with E-state index in [1.54, 1.807) is 26.3 Å². The number of nitrogens with zero attached hydrogens (tertiary/aromatic N) is 3. The van der Waals surface area contributed by atoms with Gasteiger partial charge in [-0.3, -0.25) is 0 Å². The van der Waals surface area contributed by atoms with Crippen LogP contribution in [0.1, 0.15) is 11.1 Å². The van der Waals surface area contributed by atoms with E-state index in [2.05, 4.69) is 15.0 Å². The monoisotopic (exact) mass is 379 g/mol. The predicted octanol–water partition coefficient (Wildman–Crippen LogP) is 4.64. The molecule has 134 valence electrons. The van der Waals surface area contributed by atoms with E-state index in [4.69, 9.17) is 15.9 Å². The van der Waals surface area contributed by atoms with Crippen molar-refractivity contribution in [3.05, 3.63) is 41.3 Å². The Bertz CT molecular complexity index is 1240. The summed E-state index contributed by atoms with van der Waals surface area (Å²) in [4.78, 5) is 13.6. The van der Waals surface area contributed by atoms with Crippen LogP contribution in [0.25, 0.3) is 31.8 Å². The smallest absolute Gasteiger partial charge is 0.232 e. The third-order valence-electron chi connectivity index (χ3n) is 4.19. The highest BCUT2D eigenvalue weighted by Crippen LogP contribution is 2.38. The first-order valence-corrected chi connectivity index (χ1v) is 8.87. The Morgan fingerprint density at radius 3 is 2.70 bits per heavy atom. The van der Waals surface area contributed by atoms with Gasteiger partial charge < -0.3 is 9.47 Å². The van der Waals surface area contributed by atoms with Crippen molar-refractivity contribution in [1.82, 2.24) is 15.0 Å². The Labute approximate surface area is 158 Å². The first kappa shape index (κ1) is 17.2. The zero-order valence-electron chi connectivity index (χ0n) is 14.8. The molecule has 0 aliphatic carbocycles. The van der Waals surface area contributed by atoms with Crippen LogP contribution in [0.15, 0.2) is 24.4 Å². The fourth-order valence-electron chi connectivity index (χ4n) is 2.93. The van der Waals surface area contributed by atoms with E-state index in [-0.39, 0.29) is 5.75 Å². The van der Waals surface area contributed by atoms with Crippen LogP contribution in [-0.4, -0.2) is 22.1 Å². The number of rotatable bonds is 3. The lowest BCUT2D eigenvalue weighted by Crippen LogP contribution is -1.93. The van der Waals surface area contributed by atoms with Crippen LogP contribution in [0.2, 0.25) is 0 Å². The molecule has 4 rings (SSSR count). The number of hydrogen-bond acceptors (Lipinski definition) is 6. The molecule has 0 N–H and O–H groups in total. The second kappa shape index (κ2) is 6.49. The van der Waals surface area contributed by atoms with Crippen molar-refractivity contribution >= 4 is 32.6 Å². The van der Waals surface area contributed by atoms with Gasteiger partial charge in [0, 0.05) is 17.2 Å². The van der Waals surface area contributed by atoms with Crippen molar-refractivity contribution < 1.29 is 13.9 Å². The van der Waals surface area contributed by atoms with Crippen LogP contribution in [0.5, 0.6) is 11.6 Å². The summed E-state index contributed by atoms with van der Waals surface area (Å²) >= 11 is 1.42. The molecule has 0 fully saturated rings. The third-order valence-corrected chi connectivity index (χ3v) is 5.23. The number of aryl methyl sites for hydroxylation is 2. The number of ether oxygens (including phenoxy) is 2. The first-order chi connectivity index (χ1) is 13.0. The van der Waals surface area contributed by atoms with Crippen LogP contribution in [0.4, 0.5) is 4.39 Å². The summed E-state index contributed by atoms with van der Waals surface area (Å²) in [6.07, 6.45) is 8.73. The molecule has 0 saturated heterocycles. The van der Waals surface area contributed by atoms with Gasteiger partial charge in [-0.15, -0.1) is 11.3 Å². The molecular formula is C20H14FN3O2S. The zero-order valence-corrected chi connectivity index (χ0v) is 15.6. The van der Waals surface area contributed by atoms with E-state index < -0.39 is 5.82 Å². The molecule has 0 bridgehead atoms. The van der Waals surface area contributed by atoms with Crippen LogP contribution in [0.3, 0.4) is 0 Å². The third kappa shape index (κ3) is 2.84. The Morgan fingerprint density at radius 2 is 1.96 bits per heavy atom. The van der Waals surface area contributed by atoms with E-state index >= 15 is 0 Å². The van der Waals surface area contributed by atoms with E-state index in [0.717, 1.165) is 20.8 Å². The number of benzene rings is 2. The molecule has 2 heterocycles. The molecule has 5 nitrogen and oxygen atoms in total. The molecule has 0 saturated carbocycles. The summed E-state index contributed by atoms with van der Waals surface area (Å²) in [5.41, 5.74) is 4.23. The van der Waals surface area contributed by atoms with Gasteiger partial charge in [-0.05, 0) is 31.5 Å². The highest BCUT2D eigenvalue weighted by molar-refractivity contribution is 7.21. The highest BCUT2D eigenvalue weighted by atomic mass is 32.1. The molecule has 0 aliphatic heterocycles. The molecule has 0 aliphatic rings. The van der Waals surface area contributed by atoms with E-state index in [9.17, 15) is 4.39 Å². The largest absolute Gasteiger partial charge is 0.480 e. The van der Waals surface area contributed by atoms with Crippen molar-refractivity contribution in [2.75, 3.05) is 7.11 Å². The summed E-state index contributed by atoms with van der Waals surface area (Å²) in [6.45, 7) is 3.63. The molecule has 0 amide bonds. The standard InChI is InChI=1S/C20H14FN3O2S/c1-5-26-14-8-15-18(11(3)17(14)21)24-20(27-15)12-6-10(2)7-13-19(12)22-9-16(23-13)25-4/h1,6-9H,2-4H3. The van der Waals surface area contributed by atoms with Crippen molar-refractivity contribution in [2.24, 2.45) is 0 Å². The van der Waals surface area contributed by atoms with Gasteiger partial charge in [0.1, 0.15) is 11.1 Å². The number of terminal acetylenes is 1. The topological polar surface area (TPSA) is 57.1 Å². The van der Waals surface area contributed by atoms with Gasteiger partial charge in [0.25, 0.3) is 0 Å². The van der Waals surface area contributed by atoms with Gasteiger partial charge in [-0.2, -0.15) is 0 Å². The minimum atomic E-state index is -0.504. The van der Waals surface area contributed by atoms with Gasteiger partial charge in [-0.25, -0.2) is 19.3 Å². The van der Waals surface area contributed by atoms with Crippen LogP contribution >= 0.6 is 11.3 Å². The number of aromatic nitrogens is 3. The Kier molecular flexibility index (Phi) is 4.13. The van der Waals surface area contributed by atoms with Gasteiger partial charge >= 0.3 is 0 Å². The number of halogens is 1. The average molecular weight is 379 g/mol. The molecule has 2 aromatic heterocycles. The Hall–Kier alpha value is -3.24. The lowest BCUT2D eigenvalue weighted by Gasteiger charge is -2.06. The normalized spacial score (nSPS) is 10.9.